The molecule has 0 heterocycles. The Balaban J connectivity index is 3.64. The van der Waals surface area contributed by atoms with Crippen molar-refractivity contribution in [2.45, 2.75) is 25.9 Å². The van der Waals surface area contributed by atoms with Crippen LogP contribution in [0.4, 0.5) is 0 Å². The van der Waals surface area contributed by atoms with Crippen molar-refractivity contribution >= 4 is 5.97 Å². The summed E-state index contributed by atoms with van der Waals surface area (Å²) in [6.07, 6.45) is 0.676. The standard InChI is InChI=1S/C9H16O4/c1-7(2)4-5-13-6-9(3,12)8(10)11/h12H,1,4-6H2,2-3H3,(H,10,11). The molecule has 0 aromatic rings. The molecule has 1 atom stereocenters. The Labute approximate surface area is 77.8 Å². The van der Waals surface area contributed by atoms with Crippen LogP contribution in [0.15, 0.2) is 12.2 Å². The van der Waals surface area contributed by atoms with E-state index < -0.39 is 11.6 Å². The lowest BCUT2D eigenvalue weighted by Crippen LogP contribution is -2.39. The van der Waals surface area contributed by atoms with Crippen LogP contribution in [0.1, 0.15) is 20.3 Å². The average Bonchev–Trinajstić information content (AvgIpc) is 1.97. The van der Waals surface area contributed by atoms with Crippen LogP contribution in [0, 0.1) is 0 Å². The number of carboxylic acid groups (broad SMARTS) is 1. The zero-order valence-electron chi connectivity index (χ0n) is 8.04. The summed E-state index contributed by atoms with van der Waals surface area (Å²) in [6, 6.07) is 0. The Kier molecular flexibility index (Phi) is 4.66. The number of aliphatic hydroxyl groups is 1. The molecule has 0 fully saturated rings. The van der Waals surface area contributed by atoms with Gasteiger partial charge in [0.2, 0.25) is 0 Å². The lowest BCUT2D eigenvalue weighted by atomic mass is 10.1. The van der Waals surface area contributed by atoms with E-state index in [9.17, 15) is 9.90 Å². The fourth-order valence-corrected chi connectivity index (χ4v) is 0.579. The first-order chi connectivity index (χ1) is 5.86. The molecule has 0 aliphatic rings. The lowest BCUT2D eigenvalue weighted by molar-refractivity contribution is -0.162. The van der Waals surface area contributed by atoms with E-state index >= 15 is 0 Å². The van der Waals surface area contributed by atoms with Gasteiger partial charge in [0, 0.05) is 0 Å². The third kappa shape index (κ3) is 5.38. The van der Waals surface area contributed by atoms with Crippen LogP contribution in [-0.4, -0.2) is 35.0 Å². The number of hydrogen-bond acceptors (Lipinski definition) is 3. The summed E-state index contributed by atoms with van der Waals surface area (Å²) < 4.78 is 4.98. The Morgan fingerprint density at radius 1 is 1.62 bits per heavy atom. The molecule has 0 saturated heterocycles. The Hall–Kier alpha value is -0.870. The smallest absolute Gasteiger partial charge is 0.337 e. The van der Waals surface area contributed by atoms with Gasteiger partial charge in [-0.3, -0.25) is 0 Å². The fraction of sp³-hybridized carbons (Fsp3) is 0.667. The summed E-state index contributed by atoms with van der Waals surface area (Å²) in [4.78, 5) is 10.4. The number of carbonyl (C=O) groups is 1. The molecule has 0 aromatic carbocycles. The molecule has 0 aliphatic carbocycles. The molecule has 0 aliphatic heterocycles. The van der Waals surface area contributed by atoms with Gasteiger partial charge < -0.3 is 14.9 Å². The summed E-state index contributed by atoms with van der Waals surface area (Å²) >= 11 is 0. The average molecular weight is 188 g/mol. The van der Waals surface area contributed by atoms with Crippen molar-refractivity contribution in [3.63, 3.8) is 0 Å². The van der Waals surface area contributed by atoms with Gasteiger partial charge in [-0.2, -0.15) is 0 Å². The van der Waals surface area contributed by atoms with Crippen molar-refractivity contribution in [3.05, 3.63) is 12.2 Å². The van der Waals surface area contributed by atoms with Crippen LogP contribution >= 0.6 is 0 Å². The summed E-state index contributed by atoms with van der Waals surface area (Å²) in [7, 11) is 0. The summed E-state index contributed by atoms with van der Waals surface area (Å²) in [5, 5.41) is 17.7. The van der Waals surface area contributed by atoms with Gasteiger partial charge >= 0.3 is 5.97 Å². The number of aliphatic carboxylic acids is 1. The molecule has 0 aromatic heterocycles. The van der Waals surface area contributed by atoms with Crippen LogP contribution in [0.25, 0.3) is 0 Å². The molecule has 4 nitrogen and oxygen atoms in total. The van der Waals surface area contributed by atoms with Gasteiger partial charge in [0.1, 0.15) is 0 Å². The maximum Gasteiger partial charge on any atom is 0.337 e. The SMILES string of the molecule is C=C(C)CCOCC(C)(O)C(=O)O. The maximum atomic E-state index is 10.4. The third-order valence-corrected chi connectivity index (χ3v) is 1.52. The normalized spacial score (nSPS) is 15.0. The number of ether oxygens (including phenoxy) is 1. The molecule has 4 heteroatoms. The van der Waals surface area contributed by atoms with Gasteiger partial charge in [-0.05, 0) is 20.3 Å². The first-order valence-corrected chi connectivity index (χ1v) is 4.04. The monoisotopic (exact) mass is 188 g/mol. The maximum absolute atomic E-state index is 10.4. The largest absolute Gasteiger partial charge is 0.479 e. The molecule has 2 N–H and O–H groups in total. The number of carboxylic acids is 1. The molecular weight excluding hydrogens is 172 g/mol. The lowest BCUT2D eigenvalue weighted by Gasteiger charge is -2.17. The van der Waals surface area contributed by atoms with Crippen LogP contribution < -0.4 is 0 Å². The molecule has 0 bridgehead atoms. The first-order valence-electron chi connectivity index (χ1n) is 4.04. The molecule has 76 valence electrons. The van der Waals surface area contributed by atoms with Gasteiger partial charge in [-0.15, -0.1) is 6.58 Å². The third-order valence-electron chi connectivity index (χ3n) is 1.52. The quantitative estimate of drug-likeness (QED) is 0.478. The van der Waals surface area contributed by atoms with E-state index in [1.165, 1.54) is 6.92 Å². The molecule has 0 spiro atoms. The molecule has 0 radical (unpaired) electrons. The van der Waals surface area contributed by atoms with Crippen molar-refractivity contribution in [2.75, 3.05) is 13.2 Å². The van der Waals surface area contributed by atoms with Crippen LogP contribution in [-0.2, 0) is 9.53 Å². The van der Waals surface area contributed by atoms with Crippen molar-refractivity contribution in [1.82, 2.24) is 0 Å². The summed E-state index contributed by atoms with van der Waals surface area (Å²) in [5.74, 6) is -1.28. The van der Waals surface area contributed by atoms with Crippen molar-refractivity contribution < 1.29 is 19.7 Å². The van der Waals surface area contributed by atoms with Crippen LogP contribution in [0.2, 0.25) is 0 Å². The summed E-state index contributed by atoms with van der Waals surface area (Å²) in [5.41, 5.74) is -0.829. The second-order valence-electron chi connectivity index (χ2n) is 3.34. The van der Waals surface area contributed by atoms with E-state index in [1.807, 2.05) is 6.92 Å². The first kappa shape index (κ1) is 12.1. The van der Waals surface area contributed by atoms with Crippen molar-refractivity contribution in [2.24, 2.45) is 0 Å². The second-order valence-corrected chi connectivity index (χ2v) is 3.34. The minimum absolute atomic E-state index is 0.199. The number of rotatable bonds is 6. The molecule has 1 unspecified atom stereocenters. The van der Waals surface area contributed by atoms with Gasteiger partial charge in [-0.25, -0.2) is 4.79 Å². The predicted octanol–water partition coefficient (Wildman–Crippen LogP) is 0.805. The van der Waals surface area contributed by atoms with E-state index in [4.69, 9.17) is 9.84 Å². The molecule has 0 saturated carbocycles. The molecule has 0 amide bonds. The fourth-order valence-electron chi connectivity index (χ4n) is 0.579. The Bertz CT molecular complexity index is 196. The highest BCUT2D eigenvalue weighted by atomic mass is 16.5. The Morgan fingerprint density at radius 2 is 2.15 bits per heavy atom. The van der Waals surface area contributed by atoms with E-state index in [1.54, 1.807) is 0 Å². The van der Waals surface area contributed by atoms with Crippen LogP contribution in [0.3, 0.4) is 0 Å². The minimum atomic E-state index is -1.80. The van der Waals surface area contributed by atoms with Crippen LogP contribution in [0.5, 0.6) is 0 Å². The van der Waals surface area contributed by atoms with E-state index in [-0.39, 0.29) is 6.61 Å². The summed E-state index contributed by atoms with van der Waals surface area (Å²) in [6.45, 7) is 6.92. The zero-order chi connectivity index (χ0) is 10.5. The van der Waals surface area contributed by atoms with E-state index in [0.29, 0.717) is 13.0 Å². The van der Waals surface area contributed by atoms with Gasteiger partial charge in [0.15, 0.2) is 5.60 Å². The molecule has 0 rings (SSSR count). The zero-order valence-corrected chi connectivity index (χ0v) is 8.04. The number of hydrogen-bond donors (Lipinski definition) is 2. The van der Waals surface area contributed by atoms with Gasteiger partial charge in [0.25, 0.3) is 0 Å². The second kappa shape index (κ2) is 4.99. The van der Waals surface area contributed by atoms with Gasteiger partial charge in [0.05, 0.1) is 13.2 Å². The Morgan fingerprint density at radius 3 is 2.54 bits per heavy atom. The predicted molar refractivity (Wildman–Crippen MR) is 48.5 cm³/mol. The topological polar surface area (TPSA) is 66.8 Å². The molecule has 13 heavy (non-hydrogen) atoms. The van der Waals surface area contributed by atoms with Gasteiger partial charge in [-0.1, -0.05) is 5.57 Å². The molecular formula is C9H16O4. The van der Waals surface area contributed by atoms with Crippen molar-refractivity contribution in [3.8, 4) is 0 Å². The van der Waals surface area contributed by atoms with E-state index in [0.717, 1.165) is 5.57 Å². The highest BCUT2D eigenvalue weighted by Crippen LogP contribution is 2.05. The highest BCUT2D eigenvalue weighted by Gasteiger charge is 2.29. The van der Waals surface area contributed by atoms with Crippen molar-refractivity contribution in [1.29, 1.82) is 0 Å². The van der Waals surface area contributed by atoms with E-state index in [2.05, 4.69) is 6.58 Å². The highest BCUT2D eigenvalue weighted by molar-refractivity contribution is 5.76. The minimum Gasteiger partial charge on any atom is -0.479 e.